The minimum absolute atomic E-state index is 0.209. The fourth-order valence-corrected chi connectivity index (χ4v) is 3.49. The summed E-state index contributed by atoms with van der Waals surface area (Å²) in [6.45, 7) is 2.01. The highest BCUT2D eigenvalue weighted by molar-refractivity contribution is 7.08. The quantitative estimate of drug-likeness (QED) is 0.698. The van der Waals surface area contributed by atoms with Crippen molar-refractivity contribution in [3.8, 4) is 22.4 Å². The van der Waals surface area contributed by atoms with E-state index in [9.17, 15) is 0 Å². The number of aromatic nitrogens is 1. The minimum Gasteiger partial charge on any atom is -0.367 e. The van der Waals surface area contributed by atoms with Crippen molar-refractivity contribution in [3.05, 3.63) is 44.6 Å². The number of hydrogen-bond acceptors (Lipinski definition) is 4. The van der Waals surface area contributed by atoms with Gasteiger partial charge >= 0.3 is 0 Å². The zero-order valence-electron chi connectivity index (χ0n) is 10.5. The van der Waals surface area contributed by atoms with Crippen LogP contribution in [0.2, 0.25) is 10.0 Å². The molecule has 0 unspecified atom stereocenters. The molecule has 6 heteroatoms. The van der Waals surface area contributed by atoms with Gasteiger partial charge in [0.25, 0.3) is 0 Å². The maximum Gasteiger partial charge on any atom is 0.230 e. The number of thiophene rings is 1. The van der Waals surface area contributed by atoms with Gasteiger partial charge in [-0.1, -0.05) is 34.4 Å². The number of aryl methyl sites for hydroxylation is 1. The summed E-state index contributed by atoms with van der Waals surface area (Å²) in [6.07, 6.45) is 0. The van der Waals surface area contributed by atoms with Gasteiger partial charge in [-0.25, -0.2) is 0 Å². The van der Waals surface area contributed by atoms with Crippen molar-refractivity contribution in [1.82, 2.24) is 5.16 Å². The van der Waals surface area contributed by atoms with Gasteiger partial charge in [0.2, 0.25) is 5.88 Å². The lowest BCUT2D eigenvalue weighted by atomic mass is 10.0. The molecule has 20 heavy (non-hydrogen) atoms. The first-order chi connectivity index (χ1) is 9.59. The van der Waals surface area contributed by atoms with Gasteiger partial charge in [0, 0.05) is 16.5 Å². The molecule has 1 aromatic carbocycles. The van der Waals surface area contributed by atoms with Gasteiger partial charge in [0.15, 0.2) is 0 Å². The normalized spacial score (nSPS) is 10.9. The number of nitrogens with zero attached hydrogens (tertiary/aromatic N) is 1. The van der Waals surface area contributed by atoms with Crippen LogP contribution in [0.4, 0.5) is 5.88 Å². The van der Waals surface area contributed by atoms with Gasteiger partial charge in [0.05, 0.1) is 15.6 Å². The average Bonchev–Trinajstić information content (AvgIpc) is 2.97. The predicted octanol–water partition coefficient (Wildman–Crippen LogP) is 5.27. The second-order valence-electron chi connectivity index (χ2n) is 4.34. The van der Waals surface area contributed by atoms with Crippen LogP contribution in [-0.4, -0.2) is 5.16 Å². The van der Waals surface area contributed by atoms with Crippen molar-refractivity contribution in [2.24, 2.45) is 0 Å². The average molecular weight is 325 g/mol. The molecule has 0 aliphatic heterocycles. The van der Waals surface area contributed by atoms with Crippen LogP contribution in [0.25, 0.3) is 22.4 Å². The largest absolute Gasteiger partial charge is 0.367 e. The second kappa shape index (κ2) is 5.13. The van der Waals surface area contributed by atoms with E-state index < -0.39 is 0 Å². The summed E-state index contributed by atoms with van der Waals surface area (Å²) in [5.74, 6) is 0.209. The molecule has 102 valence electrons. The molecule has 0 saturated carbocycles. The molecular formula is C14H10Cl2N2OS. The number of anilines is 1. The van der Waals surface area contributed by atoms with E-state index in [1.54, 1.807) is 29.5 Å². The summed E-state index contributed by atoms with van der Waals surface area (Å²) in [7, 11) is 0. The van der Waals surface area contributed by atoms with E-state index in [0.29, 0.717) is 26.9 Å². The maximum atomic E-state index is 6.26. The van der Waals surface area contributed by atoms with Crippen LogP contribution in [0.5, 0.6) is 0 Å². The standard InChI is InChI=1S/C14H10Cl2N2OS/c1-7-5-20-6-8(7)13-12(14(17)19-18-13)11-9(15)3-2-4-10(11)16/h2-6H,17H2,1H3. The predicted molar refractivity (Wildman–Crippen MR) is 84.4 cm³/mol. The number of hydrogen-bond donors (Lipinski definition) is 1. The molecule has 2 N–H and O–H groups in total. The van der Waals surface area contributed by atoms with E-state index in [0.717, 1.165) is 11.1 Å². The summed E-state index contributed by atoms with van der Waals surface area (Å²) in [5, 5.41) is 9.14. The zero-order valence-corrected chi connectivity index (χ0v) is 12.8. The minimum atomic E-state index is 0.209. The maximum absolute atomic E-state index is 6.26. The van der Waals surface area contributed by atoms with Gasteiger partial charge in [0.1, 0.15) is 5.69 Å². The first kappa shape index (κ1) is 13.5. The van der Waals surface area contributed by atoms with Crippen LogP contribution in [0.3, 0.4) is 0 Å². The number of nitrogen functional groups attached to an aromatic ring is 1. The Balaban J connectivity index is 2.31. The van der Waals surface area contributed by atoms with Crippen LogP contribution in [0.15, 0.2) is 33.5 Å². The molecule has 3 rings (SSSR count). The summed E-state index contributed by atoms with van der Waals surface area (Å²) < 4.78 is 5.15. The Bertz CT molecular complexity index is 759. The van der Waals surface area contributed by atoms with Crippen LogP contribution >= 0.6 is 34.5 Å². The Morgan fingerprint density at radius 1 is 1.15 bits per heavy atom. The van der Waals surface area contributed by atoms with Gasteiger partial charge in [-0.3, -0.25) is 0 Å². The molecule has 0 aliphatic rings. The molecule has 2 heterocycles. The first-order valence-corrected chi connectivity index (χ1v) is 7.52. The molecule has 0 radical (unpaired) electrons. The Morgan fingerprint density at radius 2 is 1.85 bits per heavy atom. The summed E-state index contributed by atoms with van der Waals surface area (Å²) in [6, 6.07) is 5.31. The van der Waals surface area contributed by atoms with Crippen LogP contribution in [-0.2, 0) is 0 Å². The molecule has 0 aliphatic carbocycles. The Morgan fingerprint density at radius 3 is 2.45 bits per heavy atom. The number of rotatable bonds is 2. The van der Waals surface area contributed by atoms with Gasteiger partial charge in [-0.15, -0.1) is 0 Å². The molecule has 0 bridgehead atoms. The van der Waals surface area contributed by atoms with E-state index >= 15 is 0 Å². The van der Waals surface area contributed by atoms with Crippen LogP contribution in [0.1, 0.15) is 5.56 Å². The van der Waals surface area contributed by atoms with E-state index in [1.807, 2.05) is 17.7 Å². The summed E-state index contributed by atoms with van der Waals surface area (Å²) in [5.41, 5.74) is 9.95. The SMILES string of the molecule is Cc1cscc1-c1noc(N)c1-c1c(Cl)cccc1Cl. The molecule has 3 nitrogen and oxygen atoms in total. The molecule has 0 fully saturated rings. The van der Waals surface area contributed by atoms with Gasteiger partial charge in [-0.2, -0.15) is 11.3 Å². The highest BCUT2D eigenvalue weighted by atomic mass is 35.5. The number of benzene rings is 1. The van der Waals surface area contributed by atoms with Gasteiger partial charge in [-0.05, 0) is 30.0 Å². The zero-order chi connectivity index (χ0) is 14.3. The lowest BCUT2D eigenvalue weighted by Crippen LogP contribution is -1.90. The third-order valence-electron chi connectivity index (χ3n) is 3.04. The van der Waals surface area contributed by atoms with E-state index in [-0.39, 0.29) is 5.88 Å². The molecule has 3 aromatic rings. The van der Waals surface area contributed by atoms with Crippen molar-refractivity contribution in [2.75, 3.05) is 5.73 Å². The van der Waals surface area contributed by atoms with Crippen LogP contribution in [0, 0.1) is 6.92 Å². The van der Waals surface area contributed by atoms with Crippen molar-refractivity contribution < 1.29 is 4.52 Å². The Hall–Kier alpha value is -1.49. The number of halogens is 2. The first-order valence-electron chi connectivity index (χ1n) is 5.82. The molecule has 0 spiro atoms. The highest BCUT2D eigenvalue weighted by Crippen LogP contribution is 2.44. The number of nitrogens with two attached hydrogens (primary N) is 1. The lowest BCUT2D eigenvalue weighted by Gasteiger charge is -2.07. The van der Waals surface area contributed by atoms with Crippen molar-refractivity contribution in [2.45, 2.75) is 6.92 Å². The van der Waals surface area contributed by atoms with Crippen LogP contribution < -0.4 is 5.73 Å². The smallest absolute Gasteiger partial charge is 0.230 e. The molecule has 0 amide bonds. The molecule has 2 aromatic heterocycles. The molecule has 0 atom stereocenters. The third kappa shape index (κ3) is 2.10. The second-order valence-corrected chi connectivity index (χ2v) is 5.89. The Kier molecular flexibility index (Phi) is 3.46. The fourth-order valence-electron chi connectivity index (χ4n) is 2.07. The Labute approximate surface area is 129 Å². The van der Waals surface area contributed by atoms with E-state index in [1.165, 1.54) is 0 Å². The molecule has 0 saturated heterocycles. The fraction of sp³-hybridized carbons (Fsp3) is 0.0714. The van der Waals surface area contributed by atoms with Crippen molar-refractivity contribution in [3.63, 3.8) is 0 Å². The van der Waals surface area contributed by atoms with Crippen molar-refractivity contribution in [1.29, 1.82) is 0 Å². The summed E-state index contributed by atoms with van der Waals surface area (Å²) in [4.78, 5) is 0. The monoisotopic (exact) mass is 324 g/mol. The third-order valence-corrected chi connectivity index (χ3v) is 4.53. The summed E-state index contributed by atoms with van der Waals surface area (Å²) >= 11 is 14.1. The highest BCUT2D eigenvalue weighted by Gasteiger charge is 2.23. The lowest BCUT2D eigenvalue weighted by molar-refractivity contribution is 0.439. The van der Waals surface area contributed by atoms with E-state index in [2.05, 4.69) is 5.16 Å². The topological polar surface area (TPSA) is 52.0 Å². The van der Waals surface area contributed by atoms with Crippen molar-refractivity contribution >= 4 is 40.4 Å². The van der Waals surface area contributed by atoms with E-state index in [4.69, 9.17) is 33.5 Å². The van der Waals surface area contributed by atoms with Gasteiger partial charge < -0.3 is 10.3 Å². The molecular weight excluding hydrogens is 315 g/mol.